The van der Waals surface area contributed by atoms with Gasteiger partial charge in [-0.2, -0.15) is 9.61 Å². The third-order valence-electron chi connectivity index (χ3n) is 4.36. The fourth-order valence-electron chi connectivity index (χ4n) is 2.89. The van der Waals surface area contributed by atoms with Crippen LogP contribution in [0.5, 0.6) is 5.88 Å². The average molecular weight is 372 g/mol. The Morgan fingerprint density at radius 3 is 2.63 bits per heavy atom. The number of carbonyl (C=O) groups is 1. The van der Waals surface area contributed by atoms with Crippen molar-refractivity contribution >= 4 is 17.6 Å². The van der Waals surface area contributed by atoms with Crippen LogP contribution in [0.1, 0.15) is 63.4 Å². The van der Waals surface area contributed by atoms with E-state index in [0.717, 1.165) is 18.4 Å². The summed E-state index contributed by atoms with van der Waals surface area (Å²) in [5.41, 5.74) is 0.339. The van der Waals surface area contributed by atoms with Crippen molar-refractivity contribution < 1.29 is 9.90 Å². The Kier molecular flexibility index (Phi) is 4.88. The fourth-order valence-corrected chi connectivity index (χ4v) is 2.89. The highest BCUT2D eigenvalue weighted by Crippen LogP contribution is 2.25. The van der Waals surface area contributed by atoms with E-state index in [-0.39, 0.29) is 28.8 Å². The molecule has 2 heterocycles. The minimum absolute atomic E-state index is 0.0381. The van der Waals surface area contributed by atoms with Gasteiger partial charge in [0, 0.05) is 18.2 Å². The summed E-state index contributed by atoms with van der Waals surface area (Å²) in [4.78, 5) is 25.4. The first-order valence-corrected chi connectivity index (χ1v) is 9.42. The Hall–Kier alpha value is -2.57. The molecule has 3 rings (SSSR count). The quantitative estimate of drug-likeness (QED) is 0.845. The summed E-state index contributed by atoms with van der Waals surface area (Å²) >= 11 is 0. The van der Waals surface area contributed by atoms with Crippen LogP contribution in [0.15, 0.2) is 17.1 Å². The standard InChI is InChI=1S/C20H28N4O3/c1-12(2)11-23-17-13(8-9-20(3,4)5)10-21-24(17)19(27)15(18(23)26)16(25)22-14-6-7-14/h8-10,12,14,26H,6-7,11H2,1-5H3,(H,22,25). The number of allylic oxidation sites excluding steroid dienone is 1. The highest BCUT2D eigenvalue weighted by atomic mass is 16.3. The van der Waals surface area contributed by atoms with Crippen LogP contribution in [0.4, 0.5) is 0 Å². The van der Waals surface area contributed by atoms with Gasteiger partial charge in [0.1, 0.15) is 5.65 Å². The number of aromatic nitrogens is 3. The summed E-state index contributed by atoms with van der Waals surface area (Å²) in [6.07, 6.45) is 7.33. The van der Waals surface area contributed by atoms with Gasteiger partial charge in [-0.05, 0) is 24.2 Å². The molecule has 1 aliphatic rings. The molecule has 0 unspecified atom stereocenters. The molecule has 1 saturated carbocycles. The zero-order valence-electron chi connectivity index (χ0n) is 16.6. The Morgan fingerprint density at radius 1 is 1.41 bits per heavy atom. The number of amides is 1. The van der Waals surface area contributed by atoms with Crippen molar-refractivity contribution in [3.63, 3.8) is 0 Å². The largest absolute Gasteiger partial charge is 0.494 e. The first-order chi connectivity index (χ1) is 12.6. The minimum Gasteiger partial charge on any atom is -0.494 e. The third-order valence-corrected chi connectivity index (χ3v) is 4.36. The number of nitrogens with one attached hydrogen (secondary N) is 1. The van der Waals surface area contributed by atoms with Crippen LogP contribution in [0.3, 0.4) is 0 Å². The van der Waals surface area contributed by atoms with Gasteiger partial charge in [0.2, 0.25) is 5.88 Å². The van der Waals surface area contributed by atoms with Gasteiger partial charge >= 0.3 is 0 Å². The molecule has 7 heteroatoms. The molecule has 7 nitrogen and oxygen atoms in total. The molecule has 1 amide bonds. The maximum Gasteiger partial charge on any atom is 0.291 e. The van der Waals surface area contributed by atoms with Gasteiger partial charge < -0.3 is 10.4 Å². The monoisotopic (exact) mass is 372 g/mol. The lowest BCUT2D eigenvalue weighted by Crippen LogP contribution is -2.34. The number of hydrogen-bond donors (Lipinski definition) is 2. The van der Waals surface area contributed by atoms with E-state index in [9.17, 15) is 14.7 Å². The molecule has 0 saturated heterocycles. The highest BCUT2D eigenvalue weighted by molar-refractivity contribution is 5.96. The molecular formula is C20H28N4O3. The van der Waals surface area contributed by atoms with E-state index in [1.54, 1.807) is 10.8 Å². The minimum atomic E-state index is -0.601. The van der Waals surface area contributed by atoms with Crippen molar-refractivity contribution in [1.82, 2.24) is 19.5 Å². The number of aromatic hydroxyl groups is 1. The zero-order chi connectivity index (χ0) is 19.9. The molecule has 0 spiro atoms. The first kappa shape index (κ1) is 19.2. The Morgan fingerprint density at radius 2 is 2.07 bits per heavy atom. The maximum absolute atomic E-state index is 12.9. The zero-order valence-corrected chi connectivity index (χ0v) is 16.6. The Labute approximate surface area is 158 Å². The van der Waals surface area contributed by atoms with E-state index >= 15 is 0 Å². The van der Waals surface area contributed by atoms with E-state index in [1.807, 2.05) is 26.0 Å². The Bertz CT molecular complexity index is 956. The molecule has 0 aliphatic heterocycles. The summed E-state index contributed by atoms with van der Waals surface area (Å²) in [7, 11) is 0. The van der Waals surface area contributed by atoms with E-state index in [2.05, 4.69) is 31.2 Å². The van der Waals surface area contributed by atoms with Crippen molar-refractivity contribution in [1.29, 1.82) is 0 Å². The van der Waals surface area contributed by atoms with Crippen LogP contribution >= 0.6 is 0 Å². The van der Waals surface area contributed by atoms with Crippen molar-refractivity contribution in [3.05, 3.63) is 33.8 Å². The van der Waals surface area contributed by atoms with Crippen molar-refractivity contribution in [2.45, 2.75) is 60.0 Å². The molecule has 2 aromatic rings. The van der Waals surface area contributed by atoms with Crippen LogP contribution < -0.4 is 10.9 Å². The number of rotatable bonds is 5. The normalized spacial score (nSPS) is 15.2. The highest BCUT2D eigenvalue weighted by Gasteiger charge is 2.29. The molecule has 0 bridgehead atoms. The lowest BCUT2D eigenvalue weighted by Gasteiger charge is -2.17. The van der Waals surface area contributed by atoms with E-state index in [1.165, 1.54) is 4.52 Å². The van der Waals surface area contributed by atoms with Gasteiger partial charge in [0.05, 0.1) is 6.20 Å². The van der Waals surface area contributed by atoms with Crippen molar-refractivity contribution in [2.24, 2.45) is 11.3 Å². The van der Waals surface area contributed by atoms with Crippen LogP contribution in [0, 0.1) is 11.3 Å². The van der Waals surface area contributed by atoms with Crippen LogP contribution in [0.25, 0.3) is 11.7 Å². The molecule has 1 aliphatic carbocycles. The average Bonchev–Trinajstić information content (AvgIpc) is 3.24. The van der Waals surface area contributed by atoms with Crippen molar-refractivity contribution in [2.75, 3.05) is 0 Å². The first-order valence-electron chi connectivity index (χ1n) is 9.42. The number of nitrogens with zero attached hydrogens (tertiary/aromatic N) is 3. The van der Waals surface area contributed by atoms with Gasteiger partial charge in [0.15, 0.2) is 5.56 Å². The van der Waals surface area contributed by atoms with Crippen LogP contribution in [-0.4, -0.2) is 31.2 Å². The summed E-state index contributed by atoms with van der Waals surface area (Å²) in [5, 5.41) is 17.8. The molecule has 2 aromatic heterocycles. The van der Waals surface area contributed by atoms with Crippen LogP contribution in [-0.2, 0) is 6.54 Å². The molecule has 27 heavy (non-hydrogen) atoms. The summed E-state index contributed by atoms with van der Waals surface area (Å²) in [5.74, 6) is -0.636. The second-order valence-corrected chi connectivity index (χ2v) is 8.79. The van der Waals surface area contributed by atoms with E-state index in [4.69, 9.17) is 0 Å². The SMILES string of the molecule is CC(C)Cn1c(O)c(C(=O)NC2CC2)c(=O)n2ncc(C=CC(C)(C)C)c12. The molecule has 0 atom stereocenters. The van der Waals surface area contributed by atoms with Gasteiger partial charge in [-0.3, -0.25) is 14.2 Å². The predicted octanol–water partition coefficient (Wildman–Crippen LogP) is 2.81. The van der Waals surface area contributed by atoms with Gasteiger partial charge in [-0.1, -0.05) is 46.8 Å². The number of fused-ring (bicyclic) bond motifs is 1. The number of hydrogen-bond acceptors (Lipinski definition) is 4. The molecule has 2 N–H and O–H groups in total. The van der Waals surface area contributed by atoms with Crippen LogP contribution in [0.2, 0.25) is 0 Å². The second kappa shape index (κ2) is 6.87. The third kappa shape index (κ3) is 4.07. The fraction of sp³-hybridized carbons (Fsp3) is 0.550. The summed E-state index contributed by atoms with van der Waals surface area (Å²) in [6.45, 7) is 10.7. The van der Waals surface area contributed by atoms with Crippen molar-refractivity contribution in [3.8, 4) is 5.88 Å². The lowest BCUT2D eigenvalue weighted by atomic mass is 9.96. The molecule has 0 radical (unpaired) electrons. The molecular weight excluding hydrogens is 344 g/mol. The number of carbonyl (C=O) groups excluding carboxylic acids is 1. The molecule has 1 fully saturated rings. The summed E-state index contributed by atoms with van der Waals surface area (Å²) < 4.78 is 2.83. The van der Waals surface area contributed by atoms with Gasteiger partial charge in [0.25, 0.3) is 11.5 Å². The Balaban J connectivity index is 2.21. The van der Waals surface area contributed by atoms with Gasteiger partial charge in [-0.25, -0.2) is 0 Å². The topological polar surface area (TPSA) is 88.6 Å². The predicted molar refractivity (Wildman–Crippen MR) is 105 cm³/mol. The van der Waals surface area contributed by atoms with E-state index in [0.29, 0.717) is 12.2 Å². The lowest BCUT2D eigenvalue weighted by molar-refractivity contribution is 0.0944. The summed E-state index contributed by atoms with van der Waals surface area (Å²) in [6, 6.07) is 0.0912. The van der Waals surface area contributed by atoms with E-state index < -0.39 is 11.5 Å². The second-order valence-electron chi connectivity index (χ2n) is 8.79. The van der Waals surface area contributed by atoms with Gasteiger partial charge in [-0.15, -0.1) is 0 Å². The maximum atomic E-state index is 12.9. The molecule has 146 valence electrons. The molecule has 0 aromatic carbocycles. The smallest absolute Gasteiger partial charge is 0.291 e.